The molecule has 0 saturated carbocycles. The van der Waals surface area contributed by atoms with E-state index in [0.717, 1.165) is 27.7 Å². The van der Waals surface area contributed by atoms with Crippen LogP contribution in [0.2, 0.25) is 0 Å². The fourth-order valence-electron chi connectivity index (χ4n) is 0. The minimum atomic E-state index is -1.08. The van der Waals surface area contributed by atoms with Gasteiger partial charge in [-0.15, -0.1) is 0 Å². The van der Waals surface area contributed by atoms with Gasteiger partial charge in [0.1, 0.15) is 0 Å². The van der Waals surface area contributed by atoms with Crippen molar-refractivity contribution in [1.29, 1.82) is 0 Å². The molecule has 104 valence electrons. The summed E-state index contributed by atoms with van der Waals surface area (Å²) in [6.07, 6.45) is 0. The molecule has 10 heteroatoms. The van der Waals surface area contributed by atoms with Crippen LogP contribution in [0.4, 0.5) is 0 Å². The summed E-state index contributed by atoms with van der Waals surface area (Å²) < 4.78 is 0. The van der Waals surface area contributed by atoms with Crippen molar-refractivity contribution in [2.75, 3.05) is 0 Å². The Bertz CT molecular complexity index is 165. The summed E-state index contributed by atoms with van der Waals surface area (Å²) in [5.41, 5.74) is 0. The molecule has 0 aromatic heterocycles. The summed E-state index contributed by atoms with van der Waals surface area (Å²) in [7, 11) is 0. The van der Waals surface area contributed by atoms with Crippen LogP contribution >= 0.6 is 0 Å². The first-order valence-electron chi connectivity index (χ1n) is 3.63. The predicted molar refractivity (Wildman–Crippen MR) is 42.7 cm³/mol. The Labute approximate surface area is 133 Å². The normalized spacial score (nSPS) is 5.56. The maximum atomic E-state index is 8.89. The van der Waals surface area contributed by atoms with Crippen LogP contribution in [0.1, 0.15) is 27.7 Å². The molecule has 0 amide bonds. The summed E-state index contributed by atoms with van der Waals surface area (Å²) in [5.74, 6) is -4.33. The first kappa shape index (κ1) is 36.0. The third-order valence-corrected chi connectivity index (χ3v) is 0. The van der Waals surface area contributed by atoms with Crippen LogP contribution in [0.5, 0.6) is 0 Å². The summed E-state index contributed by atoms with van der Waals surface area (Å²) in [6.45, 7) is 3.89. The SMILES string of the molecule is CC(=O)[O-].CC(=O)[O-].CC(=O)[O-].CC(=O)[O-].[W+2].[W+2]. The molecule has 0 rings (SSSR count). The average molecular weight is 604 g/mol. The quantitative estimate of drug-likeness (QED) is 0.266. The third kappa shape index (κ3) is 5610. The summed E-state index contributed by atoms with van der Waals surface area (Å²) in [5, 5.41) is 35.6. The van der Waals surface area contributed by atoms with E-state index < -0.39 is 23.9 Å². The van der Waals surface area contributed by atoms with E-state index in [2.05, 4.69) is 0 Å². The Kier molecular flexibility index (Phi) is 59.7. The Morgan fingerprint density at radius 1 is 0.500 bits per heavy atom. The zero-order valence-electron chi connectivity index (χ0n) is 10.1. The van der Waals surface area contributed by atoms with Gasteiger partial charge < -0.3 is 39.6 Å². The first-order valence-corrected chi connectivity index (χ1v) is 3.63. The molecule has 8 nitrogen and oxygen atoms in total. The number of carbonyl (C=O) groups is 4. The molecule has 0 atom stereocenters. The molecule has 0 unspecified atom stereocenters. The maximum absolute atomic E-state index is 8.89. The second kappa shape index (κ2) is 29.9. The second-order valence-electron chi connectivity index (χ2n) is 1.97. The van der Waals surface area contributed by atoms with Crippen molar-refractivity contribution in [2.24, 2.45) is 0 Å². The minimum absolute atomic E-state index is 0. The number of aliphatic carboxylic acids is 4. The molecule has 0 aliphatic heterocycles. The molecule has 0 radical (unpaired) electrons. The van der Waals surface area contributed by atoms with Gasteiger partial charge in [-0.1, -0.05) is 0 Å². The summed E-state index contributed by atoms with van der Waals surface area (Å²) >= 11 is 0. The molecular formula is C8H12O8W2. The Morgan fingerprint density at radius 3 is 0.500 bits per heavy atom. The molecule has 0 heterocycles. The van der Waals surface area contributed by atoms with Crippen LogP contribution in [0.15, 0.2) is 0 Å². The molecule has 0 saturated heterocycles. The second-order valence-corrected chi connectivity index (χ2v) is 1.97. The van der Waals surface area contributed by atoms with Crippen LogP contribution < -0.4 is 20.4 Å². The molecule has 0 spiro atoms. The minimum Gasteiger partial charge on any atom is -0.550 e. The number of rotatable bonds is 0. The Balaban J connectivity index is -0.0000000257. The zero-order valence-corrected chi connectivity index (χ0v) is 15.9. The predicted octanol–water partition coefficient (Wildman–Crippen LogP) is -4.98. The van der Waals surface area contributed by atoms with E-state index in [4.69, 9.17) is 39.6 Å². The molecular weight excluding hydrogens is 592 g/mol. The van der Waals surface area contributed by atoms with E-state index in [1.165, 1.54) is 0 Å². The molecule has 0 bridgehead atoms. The van der Waals surface area contributed by atoms with Gasteiger partial charge in [0.25, 0.3) is 0 Å². The molecule has 0 aromatic carbocycles. The van der Waals surface area contributed by atoms with Gasteiger partial charge in [0.2, 0.25) is 0 Å². The van der Waals surface area contributed by atoms with Gasteiger partial charge in [0, 0.05) is 23.9 Å². The molecule has 0 fully saturated rings. The number of carboxylic acids is 4. The Morgan fingerprint density at radius 2 is 0.500 bits per heavy atom. The van der Waals surface area contributed by atoms with Gasteiger partial charge in [0.05, 0.1) is 0 Å². The van der Waals surface area contributed by atoms with Crippen LogP contribution in [-0.4, -0.2) is 23.9 Å². The van der Waals surface area contributed by atoms with E-state index in [1.807, 2.05) is 0 Å². The van der Waals surface area contributed by atoms with E-state index in [-0.39, 0.29) is 42.1 Å². The smallest absolute Gasteiger partial charge is 0.550 e. The van der Waals surface area contributed by atoms with Gasteiger partial charge >= 0.3 is 42.1 Å². The van der Waals surface area contributed by atoms with E-state index >= 15 is 0 Å². The van der Waals surface area contributed by atoms with Crippen molar-refractivity contribution in [3.8, 4) is 0 Å². The number of carbonyl (C=O) groups excluding carboxylic acids is 4. The fourth-order valence-corrected chi connectivity index (χ4v) is 0. The molecule has 0 N–H and O–H groups in total. The van der Waals surface area contributed by atoms with Gasteiger partial charge in [-0.2, -0.15) is 0 Å². The molecule has 0 aromatic rings. The molecule has 0 aliphatic rings. The molecule has 18 heavy (non-hydrogen) atoms. The van der Waals surface area contributed by atoms with Crippen molar-refractivity contribution in [1.82, 2.24) is 0 Å². The Hall–Kier alpha value is -0.743. The number of carboxylic acid groups (broad SMARTS) is 4. The van der Waals surface area contributed by atoms with Gasteiger partial charge in [-0.3, -0.25) is 0 Å². The average Bonchev–Trinajstić information content (AvgIpc) is 1.76. The monoisotopic (exact) mass is 604 g/mol. The van der Waals surface area contributed by atoms with Gasteiger partial charge in [0.15, 0.2) is 0 Å². The largest absolute Gasteiger partial charge is 2.00 e. The zero-order chi connectivity index (χ0) is 14.3. The maximum Gasteiger partial charge on any atom is 2.00 e. The van der Waals surface area contributed by atoms with Crippen molar-refractivity contribution in [3.05, 3.63) is 0 Å². The van der Waals surface area contributed by atoms with Crippen molar-refractivity contribution < 1.29 is 81.7 Å². The standard InChI is InChI=1S/4C2H4O2.2W/c4*1-2(3)4;;/h4*1H3,(H,3,4);;/q;;;;2*+2/p-4. The van der Waals surface area contributed by atoms with Crippen LogP contribution in [0, 0.1) is 0 Å². The number of hydrogen-bond acceptors (Lipinski definition) is 8. The topological polar surface area (TPSA) is 161 Å². The van der Waals surface area contributed by atoms with Crippen LogP contribution in [-0.2, 0) is 61.3 Å². The summed E-state index contributed by atoms with van der Waals surface area (Å²) in [6, 6.07) is 0. The van der Waals surface area contributed by atoms with Crippen LogP contribution in [0.3, 0.4) is 0 Å². The van der Waals surface area contributed by atoms with E-state index in [9.17, 15) is 0 Å². The van der Waals surface area contributed by atoms with Crippen molar-refractivity contribution in [2.45, 2.75) is 27.7 Å². The first-order chi connectivity index (χ1) is 6.93. The molecule has 0 aliphatic carbocycles. The van der Waals surface area contributed by atoms with Gasteiger partial charge in [-0.05, 0) is 27.7 Å². The van der Waals surface area contributed by atoms with E-state index in [1.54, 1.807) is 0 Å². The van der Waals surface area contributed by atoms with Crippen molar-refractivity contribution in [3.63, 3.8) is 0 Å². The third-order valence-electron chi connectivity index (χ3n) is 0. The van der Waals surface area contributed by atoms with Crippen LogP contribution in [0.25, 0.3) is 0 Å². The van der Waals surface area contributed by atoms with E-state index in [0.29, 0.717) is 0 Å². The van der Waals surface area contributed by atoms with Crippen molar-refractivity contribution >= 4 is 23.9 Å². The fraction of sp³-hybridized carbons (Fsp3) is 0.500. The number of hydrogen-bond donors (Lipinski definition) is 0. The summed E-state index contributed by atoms with van der Waals surface area (Å²) in [4.78, 5) is 35.6. The van der Waals surface area contributed by atoms with Gasteiger partial charge in [-0.25, -0.2) is 0 Å².